The third-order valence-corrected chi connectivity index (χ3v) is 9.82. The molecule has 0 fully saturated rings. The van der Waals surface area contributed by atoms with E-state index in [1.807, 2.05) is 24.3 Å². The maximum atomic E-state index is 6.51. The van der Waals surface area contributed by atoms with Crippen LogP contribution in [0.4, 0.5) is 11.4 Å². The van der Waals surface area contributed by atoms with Crippen molar-refractivity contribution in [1.29, 1.82) is 0 Å². The van der Waals surface area contributed by atoms with Gasteiger partial charge in [-0.1, -0.05) is 98.0 Å². The van der Waals surface area contributed by atoms with Gasteiger partial charge in [-0.2, -0.15) is 0 Å². The van der Waals surface area contributed by atoms with Crippen LogP contribution in [0.1, 0.15) is 37.3 Å². The van der Waals surface area contributed by atoms with Gasteiger partial charge in [-0.05, 0) is 78.3 Å². The molecule has 0 spiro atoms. The Hall–Kier alpha value is -5.42. The molecule has 47 heavy (non-hydrogen) atoms. The van der Waals surface area contributed by atoms with Crippen LogP contribution in [0, 0.1) is 6.92 Å². The van der Waals surface area contributed by atoms with Gasteiger partial charge in [0.1, 0.15) is 0 Å². The molecule has 0 unspecified atom stereocenters. The fraction of sp³-hybridized carbons (Fsp3) is 0.143. The quantitative estimate of drug-likeness (QED) is 0.144. The third kappa shape index (κ3) is 4.60. The minimum absolute atomic E-state index is 0.708. The molecule has 9 rings (SSSR count). The maximum Gasteiger partial charge on any atom is 0.198 e. The van der Waals surface area contributed by atoms with Gasteiger partial charge in [0.25, 0.3) is 0 Å². The Morgan fingerprint density at radius 2 is 1.40 bits per heavy atom. The molecular formula is C42H35BN2O2. The number of fused-ring (bicyclic) bond motifs is 7. The molecular weight excluding hydrogens is 575 g/mol. The summed E-state index contributed by atoms with van der Waals surface area (Å²) in [6.07, 6.45) is 4.62. The van der Waals surface area contributed by atoms with Crippen molar-refractivity contribution in [2.75, 3.05) is 5.32 Å². The van der Waals surface area contributed by atoms with Crippen LogP contribution < -0.4 is 25.7 Å². The molecule has 1 N–H and O–H groups in total. The lowest BCUT2D eigenvalue weighted by molar-refractivity contribution is 0.360. The zero-order valence-electron chi connectivity index (χ0n) is 26.8. The Bertz CT molecular complexity index is 2350. The lowest BCUT2D eigenvalue weighted by atomic mass is 9.59. The topological polar surface area (TPSA) is 35.4 Å². The number of anilines is 2. The summed E-state index contributed by atoms with van der Waals surface area (Å²) in [5, 5.41) is 6.43. The number of ether oxygens (including phenoxy) is 2. The van der Waals surface area contributed by atoms with E-state index in [0.717, 1.165) is 47.9 Å². The number of nitrogens with zero attached hydrogens (tertiary/aromatic N) is 1. The minimum atomic E-state index is 0.708. The van der Waals surface area contributed by atoms with Gasteiger partial charge in [0, 0.05) is 39.3 Å². The largest absolute Gasteiger partial charge is 0.449 e. The molecule has 0 atom stereocenters. The van der Waals surface area contributed by atoms with Crippen LogP contribution >= 0.6 is 0 Å². The molecule has 228 valence electrons. The van der Waals surface area contributed by atoms with E-state index < -0.39 is 0 Å². The van der Waals surface area contributed by atoms with Crippen molar-refractivity contribution in [3.63, 3.8) is 0 Å². The highest BCUT2D eigenvalue weighted by molar-refractivity contribution is 6.73. The molecule has 2 aliphatic rings. The molecule has 5 heteroatoms. The van der Waals surface area contributed by atoms with Crippen LogP contribution in [0.5, 0.6) is 23.0 Å². The van der Waals surface area contributed by atoms with E-state index in [4.69, 9.17) is 9.47 Å². The van der Waals surface area contributed by atoms with E-state index in [-0.39, 0.29) is 0 Å². The highest BCUT2D eigenvalue weighted by Gasteiger charge is 2.28. The summed E-state index contributed by atoms with van der Waals surface area (Å²) in [6, 6.07) is 41.2. The van der Waals surface area contributed by atoms with Crippen LogP contribution in [0.2, 0.25) is 0 Å². The summed E-state index contributed by atoms with van der Waals surface area (Å²) in [6.45, 7) is 4.42. The molecule has 0 radical (unpaired) electrons. The highest BCUT2D eigenvalue weighted by atomic mass is 16.6. The molecule has 0 saturated heterocycles. The van der Waals surface area contributed by atoms with Gasteiger partial charge < -0.3 is 19.4 Å². The predicted molar refractivity (Wildman–Crippen MR) is 197 cm³/mol. The second-order valence-corrected chi connectivity index (χ2v) is 12.9. The van der Waals surface area contributed by atoms with E-state index in [2.05, 4.69) is 115 Å². The number of para-hydroxylation sites is 5. The van der Waals surface area contributed by atoms with Gasteiger partial charge in [0.2, 0.25) is 0 Å². The average Bonchev–Trinajstić information content (AvgIpc) is 3.44. The van der Waals surface area contributed by atoms with Crippen LogP contribution in [0.3, 0.4) is 0 Å². The van der Waals surface area contributed by atoms with Crippen molar-refractivity contribution in [3.05, 3.63) is 126 Å². The molecule has 6 aromatic carbocycles. The fourth-order valence-electron chi connectivity index (χ4n) is 7.50. The van der Waals surface area contributed by atoms with Gasteiger partial charge >= 0.3 is 0 Å². The Morgan fingerprint density at radius 3 is 2.23 bits per heavy atom. The monoisotopic (exact) mass is 610 g/mol. The second-order valence-electron chi connectivity index (χ2n) is 12.9. The molecule has 1 aromatic heterocycles. The average molecular weight is 611 g/mol. The van der Waals surface area contributed by atoms with E-state index in [1.54, 1.807) is 0 Å². The first-order valence-corrected chi connectivity index (χ1v) is 16.8. The number of benzene rings is 6. The number of aromatic nitrogens is 1. The van der Waals surface area contributed by atoms with Crippen LogP contribution in [0.25, 0.3) is 38.6 Å². The van der Waals surface area contributed by atoms with Gasteiger partial charge in [-0.3, -0.25) is 0 Å². The van der Waals surface area contributed by atoms with Crippen molar-refractivity contribution in [2.24, 2.45) is 0 Å². The van der Waals surface area contributed by atoms with Gasteiger partial charge in [-0.25, -0.2) is 0 Å². The first-order valence-electron chi connectivity index (χ1n) is 16.8. The normalized spacial score (nSPS) is 12.5. The van der Waals surface area contributed by atoms with E-state index in [9.17, 15) is 0 Å². The maximum absolute atomic E-state index is 6.51. The summed E-state index contributed by atoms with van der Waals surface area (Å²) in [5.41, 5.74) is 13.5. The summed E-state index contributed by atoms with van der Waals surface area (Å²) in [7, 11) is 0.856. The van der Waals surface area contributed by atoms with Crippen molar-refractivity contribution in [1.82, 2.24) is 4.57 Å². The summed E-state index contributed by atoms with van der Waals surface area (Å²) < 4.78 is 15.5. The smallest absolute Gasteiger partial charge is 0.198 e. The summed E-state index contributed by atoms with van der Waals surface area (Å²) in [4.78, 5) is 0. The lowest BCUT2D eigenvalue weighted by Gasteiger charge is -2.27. The second kappa shape index (κ2) is 11.1. The molecule has 3 heterocycles. The molecule has 0 bridgehead atoms. The van der Waals surface area contributed by atoms with Crippen molar-refractivity contribution >= 4 is 51.4 Å². The first kappa shape index (κ1) is 27.9. The number of aryl methyl sites for hydroxylation is 2. The van der Waals surface area contributed by atoms with Crippen LogP contribution in [-0.4, -0.2) is 11.8 Å². The van der Waals surface area contributed by atoms with Crippen LogP contribution in [-0.2, 0) is 6.42 Å². The van der Waals surface area contributed by atoms with Crippen molar-refractivity contribution < 1.29 is 9.47 Å². The van der Waals surface area contributed by atoms with Crippen LogP contribution in [0.15, 0.2) is 115 Å². The Kier molecular flexibility index (Phi) is 6.60. The molecule has 2 aliphatic heterocycles. The number of hydrogen-bond donors (Lipinski definition) is 1. The molecule has 0 aliphatic carbocycles. The Labute approximate surface area is 275 Å². The zero-order chi connectivity index (χ0) is 31.5. The van der Waals surface area contributed by atoms with E-state index >= 15 is 0 Å². The predicted octanol–water partition coefficient (Wildman–Crippen LogP) is 9.83. The van der Waals surface area contributed by atoms with Gasteiger partial charge in [0.05, 0.1) is 11.2 Å². The number of rotatable bonds is 7. The summed E-state index contributed by atoms with van der Waals surface area (Å²) in [5.74, 6) is 2.89. The summed E-state index contributed by atoms with van der Waals surface area (Å²) >= 11 is 0. The minimum Gasteiger partial charge on any atom is -0.449 e. The highest BCUT2D eigenvalue weighted by Crippen LogP contribution is 2.49. The number of unbranched alkanes of at least 4 members (excludes halogenated alkanes) is 2. The first-order chi connectivity index (χ1) is 23.2. The van der Waals surface area contributed by atoms with Crippen molar-refractivity contribution in [2.45, 2.75) is 39.5 Å². The SMILES string of the molecule is CCCCCc1cc(-c2cc3c(cc2Nc2ccccc2C)Oc2ccccc2O3)c2c(c1)-n1c3ccccc3c3cccc(c31)B2. The van der Waals surface area contributed by atoms with E-state index in [1.165, 1.54) is 74.4 Å². The molecule has 7 aromatic rings. The van der Waals surface area contributed by atoms with Gasteiger partial charge in [0.15, 0.2) is 30.3 Å². The molecule has 0 amide bonds. The number of hydrogen-bond acceptors (Lipinski definition) is 3. The zero-order valence-corrected chi connectivity index (χ0v) is 26.8. The molecule has 0 saturated carbocycles. The Morgan fingerprint density at radius 1 is 0.660 bits per heavy atom. The lowest BCUT2D eigenvalue weighted by Crippen LogP contribution is -2.37. The standard InChI is InChI=1S/C42H35BN2O2/c1-3-4-5-14-27-22-31(41-36(23-27)45-35-19-9-7-15-28(35)29-16-12-17-32(43-41)42(29)45)30-24-39-40(47-38-21-11-10-20-37(38)46-39)25-34(30)44-33-18-8-6-13-26(33)2/h6-13,15-25,43-44H,3-5,14H2,1-2H3. The third-order valence-electron chi connectivity index (χ3n) is 9.82. The van der Waals surface area contributed by atoms with Crippen molar-refractivity contribution in [3.8, 4) is 39.8 Å². The fourth-order valence-corrected chi connectivity index (χ4v) is 7.50. The number of nitrogens with one attached hydrogen (secondary N) is 1. The molecule has 4 nitrogen and oxygen atoms in total. The Balaban J connectivity index is 1.31. The van der Waals surface area contributed by atoms with E-state index in [0.29, 0.717) is 5.75 Å². The van der Waals surface area contributed by atoms with Gasteiger partial charge in [-0.15, -0.1) is 0 Å².